The first-order chi connectivity index (χ1) is 23.9. The summed E-state index contributed by atoms with van der Waals surface area (Å²) in [5.41, 5.74) is 8.52. The number of carbonyl (C=O) groups is 1. The third kappa shape index (κ3) is 8.63. The standard InChI is InChI=1S/C41H50N4O4/c1-5-47-41(48-6-2)33-16-14-31(15-17-33)28-42-36-18-19-37-34(27-36)20-21-45(37)40(46)35-11-9-10-32(26-35)29-43-22-24-44(25-23-43)38-12-7-8-13-39(38)49-30(3)4/h7-19,26-27,30,41-42H,5-6,20-25,28-29H2,1-4H3. The SMILES string of the molecule is CCOC(OCC)c1ccc(CNc2ccc3c(c2)CCN3C(=O)c2cccc(CN3CCN(c4ccccc4OC(C)C)CC3)c2)cc1. The summed E-state index contributed by atoms with van der Waals surface area (Å²) in [6, 6.07) is 31.2. The van der Waals surface area contributed by atoms with Crippen molar-refractivity contribution in [3.63, 3.8) is 0 Å². The largest absolute Gasteiger partial charge is 0.489 e. The first kappa shape index (κ1) is 34.5. The highest BCUT2D eigenvalue weighted by Gasteiger charge is 2.26. The number of hydrogen-bond donors (Lipinski definition) is 1. The number of rotatable bonds is 14. The van der Waals surface area contributed by atoms with E-state index in [-0.39, 0.29) is 18.3 Å². The lowest BCUT2D eigenvalue weighted by Crippen LogP contribution is -2.46. The van der Waals surface area contributed by atoms with Crippen molar-refractivity contribution in [2.24, 2.45) is 0 Å². The fourth-order valence-electron chi connectivity index (χ4n) is 6.70. The van der Waals surface area contributed by atoms with Crippen molar-refractivity contribution >= 4 is 23.0 Å². The van der Waals surface area contributed by atoms with Crippen LogP contribution in [0.25, 0.3) is 0 Å². The molecule has 1 saturated heterocycles. The van der Waals surface area contributed by atoms with Crippen molar-refractivity contribution in [3.05, 3.63) is 119 Å². The Kier molecular flexibility index (Phi) is 11.5. The molecule has 4 aromatic rings. The molecule has 1 amide bonds. The van der Waals surface area contributed by atoms with Gasteiger partial charge in [-0.1, -0.05) is 48.5 Å². The summed E-state index contributed by atoms with van der Waals surface area (Å²) in [5, 5.41) is 3.55. The summed E-state index contributed by atoms with van der Waals surface area (Å²) >= 11 is 0. The average Bonchev–Trinajstić information content (AvgIpc) is 3.54. The van der Waals surface area contributed by atoms with E-state index in [9.17, 15) is 4.79 Å². The van der Waals surface area contributed by atoms with E-state index < -0.39 is 0 Å². The number of piperazine rings is 1. The fraction of sp³-hybridized carbons (Fsp3) is 0.390. The van der Waals surface area contributed by atoms with E-state index in [4.69, 9.17) is 14.2 Å². The molecule has 2 heterocycles. The van der Waals surface area contributed by atoms with Gasteiger partial charge in [-0.2, -0.15) is 0 Å². The molecule has 0 bridgehead atoms. The lowest BCUT2D eigenvalue weighted by Gasteiger charge is -2.37. The van der Waals surface area contributed by atoms with Crippen molar-refractivity contribution in [1.29, 1.82) is 0 Å². The van der Waals surface area contributed by atoms with E-state index in [1.807, 2.05) is 36.9 Å². The molecule has 0 spiro atoms. The van der Waals surface area contributed by atoms with Gasteiger partial charge in [0.2, 0.25) is 0 Å². The van der Waals surface area contributed by atoms with Crippen LogP contribution in [0.2, 0.25) is 0 Å². The van der Waals surface area contributed by atoms with Crippen LogP contribution < -0.4 is 19.9 Å². The van der Waals surface area contributed by atoms with Crippen LogP contribution in [0.5, 0.6) is 5.75 Å². The molecule has 0 radical (unpaired) electrons. The first-order valence-corrected chi connectivity index (χ1v) is 17.7. The smallest absolute Gasteiger partial charge is 0.258 e. The van der Waals surface area contributed by atoms with Crippen LogP contribution in [0.1, 0.15) is 66.6 Å². The van der Waals surface area contributed by atoms with Gasteiger partial charge in [-0.3, -0.25) is 9.69 Å². The number of para-hydroxylation sites is 2. The van der Waals surface area contributed by atoms with Gasteiger partial charge in [-0.15, -0.1) is 0 Å². The number of hydrogen-bond acceptors (Lipinski definition) is 7. The minimum atomic E-state index is -0.331. The molecule has 0 atom stereocenters. The van der Waals surface area contributed by atoms with E-state index in [2.05, 4.69) is 102 Å². The lowest BCUT2D eigenvalue weighted by molar-refractivity contribution is -0.140. The van der Waals surface area contributed by atoms with Gasteiger partial charge < -0.3 is 29.3 Å². The maximum Gasteiger partial charge on any atom is 0.258 e. The Morgan fingerprint density at radius 3 is 2.27 bits per heavy atom. The first-order valence-electron chi connectivity index (χ1n) is 17.7. The van der Waals surface area contributed by atoms with Crippen LogP contribution >= 0.6 is 0 Å². The topological polar surface area (TPSA) is 66.5 Å². The predicted octanol–water partition coefficient (Wildman–Crippen LogP) is 7.68. The zero-order valence-corrected chi connectivity index (χ0v) is 29.4. The van der Waals surface area contributed by atoms with Crippen LogP contribution in [0.3, 0.4) is 0 Å². The quantitative estimate of drug-likeness (QED) is 0.139. The van der Waals surface area contributed by atoms with Crippen molar-refractivity contribution < 1.29 is 19.0 Å². The average molecular weight is 663 g/mol. The normalized spacial score (nSPS) is 14.8. The molecular weight excluding hydrogens is 612 g/mol. The second kappa shape index (κ2) is 16.4. The highest BCUT2D eigenvalue weighted by molar-refractivity contribution is 6.07. The fourth-order valence-corrected chi connectivity index (χ4v) is 6.70. The maximum atomic E-state index is 13.8. The summed E-state index contributed by atoms with van der Waals surface area (Å²) in [6.45, 7) is 15.3. The van der Waals surface area contributed by atoms with Crippen molar-refractivity contribution in [2.75, 3.05) is 61.1 Å². The lowest BCUT2D eigenvalue weighted by atomic mass is 10.1. The number of ether oxygens (including phenoxy) is 3. The zero-order valence-electron chi connectivity index (χ0n) is 29.4. The van der Waals surface area contributed by atoms with E-state index in [0.29, 0.717) is 26.3 Å². The van der Waals surface area contributed by atoms with Gasteiger partial charge in [0.1, 0.15) is 5.75 Å². The van der Waals surface area contributed by atoms with Gasteiger partial charge in [0.15, 0.2) is 6.29 Å². The van der Waals surface area contributed by atoms with Crippen molar-refractivity contribution in [3.8, 4) is 5.75 Å². The number of nitrogens with one attached hydrogen (secondary N) is 1. The molecule has 6 rings (SSSR count). The van der Waals surface area contributed by atoms with E-state index >= 15 is 0 Å². The van der Waals surface area contributed by atoms with Gasteiger partial charge in [0.25, 0.3) is 5.91 Å². The number of benzene rings is 4. The Morgan fingerprint density at radius 2 is 1.53 bits per heavy atom. The number of carbonyl (C=O) groups excluding carboxylic acids is 1. The number of anilines is 3. The molecule has 2 aliphatic rings. The Morgan fingerprint density at radius 1 is 0.776 bits per heavy atom. The van der Waals surface area contributed by atoms with Crippen LogP contribution in [-0.4, -0.2) is 62.8 Å². The number of nitrogens with zero attached hydrogens (tertiary/aromatic N) is 3. The Labute approximate surface area is 291 Å². The zero-order chi connectivity index (χ0) is 34.2. The minimum absolute atomic E-state index is 0.0605. The summed E-state index contributed by atoms with van der Waals surface area (Å²) < 4.78 is 17.5. The summed E-state index contributed by atoms with van der Waals surface area (Å²) in [6.07, 6.45) is 0.654. The van der Waals surface area contributed by atoms with Crippen molar-refractivity contribution in [1.82, 2.24) is 4.90 Å². The molecule has 1 fully saturated rings. The Hall–Kier alpha value is -4.37. The van der Waals surface area contributed by atoms with E-state index in [0.717, 1.165) is 73.1 Å². The van der Waals surface area contributed by atoms with Crippen LogP contribution in [0, 0.1) is 0 Å². The molecule has 258 valence electrons. The summed E-state index contributed by atoms with van der Waals surface area (Å²) in [4.78, 5) is 20.6. The number of fused-ring (bicyclic) bond motifs is 1. The molecule has 0 unspecified atom stereocenters. The van der Waals surface area contributed by atoms with E-state index in [1.54, 1.807) is 0 Å². The van der Waals surface area contributed by atoms with Crippen LogP contribution in [0.4, 0.5) is 17.1 Å². The van der Waals surface area contributed by atoms with Gasteiger partial charge in [0, 0.05) is 81.5 Å². The Balaban J connectivity index is 1.03. The second-order valence-electron chi connectivity index (χ2n) is 13.0. The number of amides is 1. The summed E-state index contributed by atoms with van der Waals surface area (Å²) in [5.74, 6) is 1.01. The molecular formula is C41H50N4O4. The monoisotopic (exact) mass is 662 g/mol. The van der Waals surface area contributed by atoms with Gasteiger partial charge in [-0.25, -0.2) is 0 Å². The Bertz CT molecular complexity index is 1680. The minimum Gasteiger partial charge on any atom is -0.489 e. The molecule has 8 nitrogen and oxygen atoms in total. The third-order valence-electron chi connectivity index (χ3n) is 9.13. The molecule has 8 heteroatoms. The highest BCUT2D eigenvalue weighted by Crippen LogP contribution is 2.33. The molecule has 49 heavy (non-hydrogen) atoms. The second-order valence-corrected chi connectivity index (χ2v) is 13.0. The van der Waals surface area contributed by atoms with Crippen molar-refractivity contribution in [2.45, 2.75) is 59.6 Å². The predicted molar refractivity (Wildman–Crippen MR) is 198 cm³/mol. The van der Waals surface area contributed by atoms with Gasteiger partial charge >= 0.3 is 0 Å². The molecule has 4 aromatic carbocycles. The molecule has 0 saturated carbocycles. The molecule has 0 aromatic heterocycles. The molecule has 1 N–H and O–H groups in total. The van der Waals surface area contributed by atoms with Gasteiger partial charge in [-0.05, 0) is 93.3 Å². The van der Waals surface area contributed by atoms with E-state index in [1.165, 1.54) is 16.7 Å². The maximum absolute atomic E-state index is 13.8. The highest BCUT2D eigenvalue weighted by atomic mass is 16.7. The summed E-state index contributed by atoms with van der Waals surface area (Å²) in [7, 11) is 0. The van der Waals surface area contributed by atoms with Gasteiger partial charge in [0.05, 0.1) is 11.8 Å². The molecule has 2 aliphatic heterocycles. The molecule has 0 aliphatic carbocycles. The van der Waals surface area contributed by atoms with Crippen LogP contribution in [-0.2, 0) is 29.0 Å². The third-order valence-corrected chi connectivity index (χ3v) is 9.13. The van der Waals surface area contributed by atoms with Crippen LogP contribution in [0.15, 0.2) is 91.0 Å².